The van der Waals surface area contributed by atoms with Crippen LogP contribution in [0.5, 0.6) is 11.5 Å². The smallest absolute Gasteiger partial charge is 0.303 e. The van der Waals surface area contributed by atoms with Crippen molar-refractivity contribution in [3.05, 3.63) is 65.0 Å². The predicted octanol–water partition coefficient (Wildman–Crippen LogP) is 3.91. The van der Waals surface area contributed by atoms with E-state index in [-0.39, 0.29) is 24.1 Å². The predicted molar refractivity (Wildman–Crippen MR) is 121 cm³/mol. The minimum Gasteiger partial charge on any atom is -0.507 e. The van der Waals surface area contributed by atoms with Crippen molar-refractivity contribution < 1.29 is 38.5 Å². The van der Waals surface area contributed by atoms with Gasteiger partial charge in [0, 0.05) is 18.5 Å². The number of hydrogen-bond acceptors (Lipinski definition) is 6. The first-order chi connectivity index (χ1) is 16.3. The van der Waals surface area contributed by atoms with Crippen LogP contribution in [-0.2, 0) is 14.4 Å². The number of Topliss-reactive ketones (excluding diaryl/α,β-unsaturated/α-hetero) is 1. The summed E-state index contributed by atoms with van der Waals surface area (Å²) >= 11 is 0. The maximum absolute atomic E-state index is 13.4. The summed E-state index contributed by atoms with van der Waals surface area (Å²) < 4.78 is 24.0. The summed E-state index contributed by atoms with van der Waals surface area (Å²) in [5, 5.41) is 19.8. The molecule has 2 N–H and O–H groups in total. The molecule has 1 unspecified atom stereocenters. The molecule has 1 fully saturated rings. The first kappa shape index (κ1) is 24.8. The zero-order valence-corrected chi connectivity index (χ0v) is 18.9. The number of rotatable bonds is 10. The van der Waals surface area contributed by atoms with Crippen molar-refractivity contribution in [1.82, 2.24) is 4.90 Å². The van der Waals surface area contributed by atoms with E-state index in [1.165, 1.54) is 31.3 Å². The van der Waals surface area contributed by atoms with Gasteiger partial charge < -0.3 is 24.6 Å². The van der Waals surface area contributed by atoms with Gasteiger partial charge in [-0.05, 0) is 54.8 Å². The normalized spacial score (nSPS) is 17.1. The van der Waals surface area contributed by atoms with Crippen LogP contribution in [0, 0.1) is 5.82 Å². The Bertz CT molecular complexity index is 1110. The average molecular weight is 471 g/mol. The molecule has 8 nitrogen and oxygen atoms in total. The van der Waals surface area contributed by atoms with Gasteiger partial charge in [0.15, 0.2) is 11.5 Å². The van der Waals surface area contributed by atoms with E-state index in [0.29, 0.717) is 36.3 Å². The summed E-state index contributed by atoms with van der Waals surface area (Å²) in [6, 6.07) is 8.99. The highest BCUT2D eigenvalue weighted by atomic mass is 19.1. The van der Waals surface area contributed by atoms with E-state index in [4.69, 9.17) is 14.6 Å². The lowest BCUT2D eigenvalue weighted by molar-refractivity contribution is -0.140. The van der Waals surface area contributed by atoms with Gasteiger partial charge in [0.05, 0.1) is 25.8 Å². The largest absolute Gasteiger partial charge is 0.507 e. The van der Waals surface area contributed by atoms with Crippen LogP contribution in [0.3, 0.4) is 0 Å². The lowest BCUT2D eigenvalue weighted by atomic mass is 9.95. The third-order valence-electron chi connectivity index (χ3n) is 5.67. The molecular weight excluding hydrogens is 445 g/mol. The molecule has 0 aromatic heterocycles. The number of likely N-dealkylation sites (tertiary alicyclic amines) is 1. The maximum atomic E-state index is 13.4. The summed E-state index contributed by atoms with van der Waals surface area (Å²) in [5.74, 6) is -2.61. The van der Waals surface area contributed by atoms with Crippen molar-refractivity contribution in [3.8, 4) is 11.5 Å². The van der Waals surface area contributed by atoms with Crippen molar-refractivity contribution in [1.29, 1.82) is 0 Å². The number of benzene rings is 2. The molecule has 0 radical (unpaired) electrons. The molecule has 1 aliphatic heterocycles. The van der Waals surface area contributed by atoms with E-state index in [2.05, 4.69) is 0 Å². The van der Waals surface area contributed by atoms with Gasteiger partial charge in [-0.25, -0.2) is 4.39 Å². The number of ketones is 1. The van der Waals surface area contributed by atoms with Crippen LogP contribution in [-0.4, -0.2) is 53.5 Å². The van der Waals surface area contributed by atoms with Crippen LogP contribution < -0.4 is 9.47 Å². The Morgan fingerprint density at radius 3 is 2.26 bits per heavy atom. The number of nitrogens with zero attached hydrogens (tertiary/aromatic N) is 1. The number of carboxylic acid groups (broad SMARTS) is 1. The van der Waals surface area contributed by atoms with Crippen molar-refractivity contribution in [2.45, 2.75) is 31.7 Å². The minimum absolute atomic E-state index is 0.0164. The van der Waals surface area contributed by atoms with E-state index in [1.54, 1.807) is 18.2 Å². The molecule has 9 heteroatoms. The van der Waals surface area contributed by atoms with E-state index in [1.807, 2.05) is 0 Å². The van der Waals surface area contributed by atoms with Gasteiger partial charge in [0.1, 0.15) is 11.6 Å². The van der Waals surface area contributed by atoms with Crippen molar-refractivity contribution in [2.24, 2.45) is 0 Å². The van der Waals surface area contributed by atoms with Gasteiger partial charge in [-0.2, -0.15) is 0 Å². The van der Waals surface area contributed by atoms with Gasteiger partial charge in [-0.3, -0.25) is 14.4 Å². The highest BCUT2D eigenvalue weighted by Crippen LogP contribution is 2.42. The summed E-state index contributed by atoms with van der Waals surface area (Å²) in [7, 11) is 2.94. The fourth-order valence-electron chi connectivity index (χ4n) is 3.98. The minimum atomic E-state index is -0.913. The van der Waals surface area contributed by atoms with Crippen molar-refractivity contribution >= 4 is 23.4 Å². The lowest BCUT2D eigenvalue weighted by Crippen LogP contribution is -2.30. The number of carbonyl (C=O) groups is 3. The second-order valence-electron chi connectivity index (χ2n) is 7.82. The summed E-state index contributed by atoms with van der Waals surface area (Å²) in [5.41, 5.74) is 0.603. The molecular formula is C25H26FNO7. The van der Waals surface area contributed by atoms with Crippen LogP contribution in [0.2, 0.25) is 0 Å². The van der Waals surface area contributed by atoms with E-state index in [9.17, 15) is 23.9 Å². The number of halogens is 1. The number of unbranched alkanes of at least 4 members (excludes halogenated alkanes) is 2. The number of carboxylic acids is 1. The molecule has 0 spiro atoms. The van der Waals surface area contributed by atoms with Crippen LogP contribution in [0.1, 0.15) is 42.9 Å². The Morgan fingerprint density at radius 2 is 1.65 bits per heavy atom. The number of hydrogen-bond donors (Lipinski definition) is 2. The summed E-state index contributed by atoms with van der Waals surface area (Å²) in [6.45, 7) is 0.184. The number of ether oxygens (including phenoxy) is 2. The fourth-order valence-corrected chi connectivity index (χ4v) is 3.98. The Labute approximate surface area is 196 Å². The van der Waals surface area contributed by atoms with E-state index < -0.39 is 35.3 Å². The molecule has 34 heavy (non-hydrogen) atoms. The van der Waals surface area contributed by atoms with Gasteiger partial charge in [0.2, 0.25) is 0 Å². The number of aliphatic hydroxyl groups is 1. The molecule has 0 aliphatic carbocycles. The first-order valence-electron chi connectivity index (χ1n) is 10.8. The number of aliphatic carboxylic acids is 1. The molecule has 1 amide bonds. The second kappa shape index (κ2) is 10.8. The van der Waals surface area contributed by atoms with E-state index >= 15 is 0 Å². The number of aliphatic hydroxyl groups excluding tert-OH is 1. The summed E-state index contributed by atoms with van der Waals surface area (Å²) in [6.07, 6.45) is 1.48. The molecule has 1 heterocycles. The Kier molecular flexibility index (Phi) is 7.88. The maximum Gasteiger partial charge on any atom is 0.303 e. The number of carbonyl (C=O) groups excluding carboxylic acids is 2. The highest BCUT2D eigenvalue weighted by Gasteiger charge is 2.46. The fraction of sp³-hybridized carbons (Fsp3) is 0.320. The average Bonchev–Trinajstić information content (AvgIpc) is 3.08. The highest BCUT2D eigenvalue weighted by molar-refractivity contribution is 6.46. The van der Waals surface area contributed by atoms with Gasteiger partial charge in [-0.15, -0.1) is 0 Å². The molecule has 3 rings (SSSR count). The van der Waals surface area contributed by atoms with Crippen molar-refractivity contribution in [3.63, 3.8) is 0 Å². The molecule has 0 saturated carbocycles. The molecule has 1 saturated heterocycles. The number of amides is 1. The first-order valence-corrected chi connectivity index (χ1v) is 10.8. The van der Waals surface area contributed by atoms with Gasteiger partial charge >= 0.3 is 5.97 Å². The molecule has 2 aromatic rings. The molecule has 2 aromatic carbocycles. The number of methoxy groups -OCH3 is 2. The molecule has 1 aliphatic rings. The Balaban J connectivity index is 2.04. The molecule has 1 atom stereocenters. The lowest BCUT2D eigenvalue weighted by Gasteiger charge is -2.26. The van der Waals surface area contributed by atoms with Crippen LogP contribution >= 0.6 is 0 Å². The Morgan fingerprint density at radius 1 is 0.971 bits per heavy atom. The topological polar surface area (TPSA) is 113 Å². The third-order valence-corrected chi connectivity index (χ3v) is 5.67. The van der Waals surface area contributed by atoms with Crippen LogP contribution in [0.15, 0.2) is 48.0 Å². The molecule has 0 bridgehead atoms. The van der Waals surface area contributed by atoms with Crippen LogP contribution in [0.25, 0.3) is 5.76 Å². The van der Waals surface area contributed by atoms with Gasteiger partial charge in [-0.1, -0.05) is 12.5 Å². The standard InChI is InChI=1S/C25H26FNO7/c1-33-18-12-9-16(14-19(18)34-2)22-21(23(30)15-7-10-17(26)11-8-15)24(31)25(32)27(22)13-5-3-4-6-20(28)29/h7-12,14,22,30H,3-6,13H2,1-2H3,(H,28,29). The summed E-state index contributed by atoms with van der Waals surface area (Å²) in [4.78, 5) is 38.1. The quantitative estimate of drug-likeness (QED) is 0.234. The zero-order chi connectivity index (χ0) is 24.8. The van der Waals surface area contributed by atoms with Gasteiger partial charge in [0.25, 0.3) is 11.7 Å². The zero-order valence-electron chi connectivity index (χ0n) is 18.9. The van der Waals surface area contributed by atoms with E-state index in [0.717, 1.165) is 12.1 Å². The van der Waals surface area contributed by atoms with Crippen LogP contribution in [0.4, 0.5) is 4.39 Å². The second-order valence-corrected chi connectivity index (χ2v) is 7.82. The monoisotopic (exact) mass is 471 g/mol. The SMILES string of the molecule is COc1ccc(C2C(=C(O)c3ccc(F)cc3)C(=O)C(=O)N2CCCCCC(=O)O)cc1OC. The Hall–Kier alpha value is -3.88. The molecule has 180 valence electrons. The van der Waals surface area contributed by atoms with Crippen molar-refractivity contribution in [2.75, 3.05) is 20.8 Å². The third kappa shape index (κ3) is 5.19.